The molecule has 2 fully saturated rings. The molecule has 2 aromatic rings. The first-order valence-electron chi connectivity index (χ1n) is 9.95. The monoisotopic (exact) mass is 454 g/mol. The molecule has 0 saturated carbocycles. The van der Waals surface area contributed by atoms with Crippen molar-refractivity contribution in [1.82, 2.24) is 0 Å². The lowest BCUT2D eigenvalue weighted by Gasteiger charge is -2.46. The van der Waals surface area contributed by atoms with Crippen LogP contribution < -0.4 is 4.74 Å². The number of hydrogen-bond acceptors (Lipinski definition) is 7. The molecule has 2 bridgehead atoms. The summed E-state index contributed by atoms with van der Waals surface area (Å²) < 4.78 is 31.0. The van der Waals surface area contributed by atoms with Crippen LogP contribution in [0.4, 0.5) is 4.39 Å². The number of rotatable bonds is 6. The fraction of sp³-hybridized carbons (Fsp3) is 0.455. The molecule has 4 N–H and O–H groups in total. The number of hydrogen-bond donors (Lipinski definition) is 4. The highest BCUT2D eigenvalue weighted by atomic mass is 35.5. The zero-order chi connectivity index (χ0) is 22.4. The summed E-state index contributed by atoms with van der Waals surface area (Å²) in [6.45, 7) is 1.29. The number of benzene rings is 2. The van der Waals surface area contributed by atoms with Crippen molar-refractivity contribution in [1.29, 1.82) is 0 Å². The molecular weight excluding hydrogens is 431 g/mol. The lowest BCUT2D eigenvalue weighted by atomic mass is 9.83. The maximum Gasteiger partial charge on any atom is 0.225 e. The fourth-order valence-corrected chi connectivity index (χ4v) is 4.33. The summed E-state index contributed by atoms with van der Waals surface area (Å²) in [5.41, 5.74) is 0.0530. The highest BCUT2D eigenvalue weighted by molar-refractivity contribution is 6.31. The van der Waals surface area contributed by atoms with Crippen LogP contribution in [-0.4, -0.2) is 64.2 Å². The van der Waals surface area contributed by atoms with Crippen LogP contribution in [0.5, 0.6) is 5.75 Å². The van der Waals surface area contributed by atoms with Crippen LogP contribution in [-0.2, 0) is 21.7 Å². The van der Waals surface area contributed by atoms with E-state index in [4.69, 9.17) is 25.8 Å². The SMILES string of the molecule is CCOc1ccc(Cc2cc(C34OCC(CO)(O3)[C@@H](O)[C@H](O)[C@H]4O)ccc2Cl)cc1F. The van der Waals surface area contributed by atoms with E-state index in [1.165, 1.54) is 6.07 Å². The molecule has 168 valence electrons. The summed E-state index contributed by atoms with van der Waals surface area (Å²) in [4.78, 5) is 0. The van der Waals surface area contributed by atoms with Crippen molar-refractivity contribution in [3.8, 4) is 5.75 Å². The predicted octanol–water partition coefficient (Wildman–Crippen LogP) is 1.50. The quantitative estimate of drug-likeness (QED) is 0.523. The van der Waals surface area contributed by atoms with Crippen LogP contribution in [0.1, 0.15) is 23.6 Å². The van der Waals surface area contributed by atoms with E-state index in [1.54, 1.807) is 37.3 Å². The Hall–Kier alpha value is -1.78. The normalized spacial score (nSPS) is 32.3. The van der Waals surface area contributed by atoms with Crippen molar-refractivity contribution in [3.05, 3.63) is 63.9 Å². The Morgan fingerprint density at radius 1 is 1.16 bits per heavy atom. The van der Waals surface area contributed by atoms with Gasteiger partial charge in [0.15, 0.2) is 11.6 Å². The Morgan fingerprint density at radius 3 is 2.61 bits per heavy atom. The van der Waals surface area contributed by atoms with Gasteiger partial charge in [0.25, 0.3) is 0 Å². The predicted molar refractivity (Wildman–Crippen MR) is 108 cm³/mol. The first-order chi connectivity index (χ1) is 14.8. The van der Waals surface area contributed by atoms with Gasteiger partial charge in [0.05, 0.1) is 19.8 Å². The van der Waals surface area contributed by atoms with Crippen LogP contribution in [0, 0.1) is 5.82 Å². The minimum atomic E-state index is -1.79. The van der Waals surface area contributed by atoms with E-state index < -0.39 is 42.1 Å². The zero-order valence-electron chi connectivity index (χ0n) is 16.8. The van der Waals surface area contributed by atoms with E-state index >= 15 is 0 Å². The van der Waals surface area contributed by atoms with E-state index in [2.05, 4.69) is 0 Å². The standard InChI is InChI=1S/C22H24ClFO7/c1-2-29-17-6-3-12(8-16(17)24)7-13-9-14(4-5-15(13)23)22-20(28)18(26)19(27)21(10-25,31-22)11-30-22/h3-6,8-9,18-20,25-28H,2,7,10-11H2,1H3/t18-,19-,20+,21?,22?/m0/s1. The molecule has 31 heavy (non-hydrogen) atoms. The van der Waals surface area contributed by atoms with Gasteiger partial charge in [-0.25, -0.2) is 4.39 Å². The van der Waals surface area contributed by atoms with Gasteiger partial charge in [0, 0.05) is 10.6 Å². The number of halogens is 2. The Kier molecular flexibility index (Phi) is 5.99. The van der Waals surface area contributed by atoms with Crippen molar-refractivity contribution < 1.29 is 39.0 Å². The Labute approximate surface area is 183 Å². The van der Waals surface area contributed by atoms with Gasteiger partial charge in [-0.1, -0.05) is 23.7 Å². The lowest BCUT2D eigenvalue weighted by Crippen LogP contribution is -2.65. The fourth-order valence-electron chi connectivity index (χ4n) is 4.15. The first-order valence-corrected chi connectivity index (χ1v) is 10.3. The Morgan fingerprint density at radius 2 is 1.94 bits per heavy atom. The molecule has 0 amide bonds. The maximum atomic E-state index is 14.2. The molecule has 2 aliphatic heterocycles. The molecule has 0 spiro atoms. The molecule has 2 saturated heterocycles. The van der Waals surface area contributed by atoms with Gasteiger partial charge in [-0.3, -0.25) is 0 Å². The second kappa shape index (κ2) is 8.29. The van der Waals surface area contributed by atoms with E-state index in [9.17, 15) is 24.8 Å². The smallest absolute Gasteiger partial charge is 0.225 e. The van der Waals surface area contributed by atoms with Crippen LogP contribution in [0.25, 0.3) is 0 Å². The average Bonchev–Trinajstić information content (AvgIpc) is 3.15. The van der Waals surface area contributed by atoms with Gasteiger partial charge < -0.3 is 34.6 Å². The van der Waals surface area contributed by atoms with E-state index in [-0.39, 0.29) is 18.8 Å². The van der Waals surface area contributed by atoms with Crippen LogP contribution in [0.15, 0.2) is 36.4 Å². The van der Waals surface area contributed by atoms with Gasteiger partial charge in [-0.2, -0.15) is 0 Å². The first kappa shape index (κ1) is 22.4. The highest BCUT2D eigenvalue weighted by Gasteiger charge is 2.67. The van der Waals surface area contributed by atoms with Gasteiger partial charge in [-0.15, -0.1) is 0 Å². The second-order valence-corrected chi connectivity index (χ2v) is 8.25. The molecule has 2 aromatic carbocycles. The van der Waals surface area contributed by atoms with Gasteiger partial charge >= 0.3 is 0 Å². The minimum absolute atomic E-state index is 0.163. The van der Waals surface area contributed by atoms with E-state index in [0.717, 1.165) is 0 Å². The third-order valence-electron chi connectivity index (χ3n) is 5.87. The molecule has 0 aliphatic carbocycles. The van der Waals surface area contributed by atoms with Crippen LogP contribution in [0.2, 0.25) is 5.02 Å². The minimum Gasteiger partial charge on any atom is -0.491 e. The molecule has 2 unspecified atom stereocenters. The molecule has 0 radical (unpaired) electrons. The van der Waals surface area contributed by atoms with Gasteiger partial charge in [0.1, 0.15) is 23.9 Å². The molecular formula is C22H24ClFO7. The summed E-state index contributed by atoms with van der Waals surface area (Å²) in [5, 5.41) is 41.5. The maximum absolute atomic E-state index is 14.2. The van der Waals surface area contributed by atoms with Crippen molar-refractivity contribution in [3.63, 3.8) is 0 Å². The zero-order valence-corrected chi connectivity index (χ0v) is 17.6. The average molecular weight is 455 g/mol. The van der Waals surface area contributed by atoms with Gasteiger partial charge in [0.2, 0.25) is 5.79 Å². The molecule has 4 rings (SSSR count). The Bertz CT molecular complexity index is 973. The van der Waals surface area contributed by atoms with Crippen molar-refractivity contribution in [2.45, 2.75) is 43.0 Å². The summed E-state index contributed by atoms with van der Waals surface area (Å²) in [6, 6.07) is 9.43. The van der Waals surface area contributed by atoms with Crippen molar-refractivity contribution in [2.24, 2.45) is 0 Å². The number of ether oxygens (including phenoxy) is 3. The summed E-state index contributed by atoms with van der Waals surface area (Å²) in [5.74, 6) is -2.11. The summed E-state index contributed by atoms with van der Waals surface area (Å²) in [6.07, 6.45) is -4.45. The third-order valence-corrected chi connectivity index (χ3v) is 6.24. The van der Waals surface area contributed by atoms with Gasteiger partial charge in [-0.05, 0) is 48.7 Å². The Balaban J connectivity index is 1.68. The molecule has 9 heteroatoms. The van der Waals surface area contributed by atoms with E-state index in [1.807, 2.05) is 0 Å². The topological polar surface area (TPSA) is 109 Å². The third kappa shape index (κ3) is 3.62. The molecule has 5 atom stereocenters. The van der Waals surface area contributed by atoms with Crippen LogP contribution in [0.3, 0.4) is 0 Å². The van der Waals surface area contributed by atoms with Crippen molar-refractivity contribution in [2.75, 3.05) is 19.8 Å². The van der Waals surface area contributed by atoms with Crippen LogP contribution >= 0.6 is 11.6 Å². The molecule has 2 aliphatic rings. The molecule has 2 heterocycles. The number of aliphatic hydroxyl groups is 4. The highest BCUT2D eigenvalue weighted by Crippen LogP contribution is 2.49. The summed E-state index contributed by atoms with van der Waals surface area (Å²) >= 11 is 6.36. The largest absolute Gasteiger partial charge is 0.491 e. The number of fused-ring (bicyclic) bond motifs is 2. The van der Waals surface area contributed by atoms with Crippen molar-refractivity contribution >= 4 is 11.6 Å². The van der Waals surface area contributed by atoms with E-state index in [0.29, 0.717) is 28.3 Å². The molecule has 7 nitrogen and oxygen atoms in total. The lowest BCUT2D eigenvalue weighted by molar-refractivity contribution is -0.329. The second-order valence-electron chi connectivity index (χ2n) is 7.84. The molecule has 0 aromatic heterocycles. The number of aliphatic hydroxyl groups excluding tert-OH is 4. The summed E-state index contributed by atoms with van der Waals surface area (Å²) in [7, 11) is 0.